The Balaban J connectivity index is 0.00000250. The number of benzene rings is 2. The minimum absolute atomic E-state index is 0. The first-order chi connectivity index (χ1) is 21.7. The van der Waals surface area contributed by atoms with Crippen LogP contribution < -0.4 is 15.5 Å². The Labute approximate surface area is 275 Å². The topological polar surface area (TPSA) is 88.2 Å². The zero-order chi connectivity index (χ0) is 31.6. The number of urea groups is 1. The molecule has 0 bridgehead atoms. The fourth-order valence-electron chi connectivity index (χ4n) is 6.99. The largest absolute Gasteiger partial charge is 0.369 e. The molecule has 3 saturated heterocycles. The fourth-order valence-corrected chi connectivity index (χ4v) is 8.49. The van der Waals surface area contributed by atoms with Gasteiger partial charge in [0.15, 0.2) is 0 Å². The summed E-state index contributed by atoms with van der Waals surface area (Å²) >= 11 is 1.65. The number of carbonyl (C=O) groups excluding carboxylic acids is 3. The maximum Gasteiger partial charge on any atom is 0.322 e. The van der Waals surface area contributed by atoms with Gasteiger partial charge in [-0.15, -0.1) is 11.8 Å². The number of piperidine rings is 1. The summed E-state index contributed by atoms with van der Waals surface area (Å²) in [5.74, 6) is 0.118. The minimum atomic E-state index is -0.397. The molecule has 0 radical (unpaired) electrons. The highest BCUT2D eigenvalue weighted by molar-refractivity contribution is 8.01. The van der Waals surface area contributed by atoms with E-state index < -0.39 is 5.25 Å². The van der Waals surface area contributed by atoms with E-state index in [9.17, 15) is 14.4 Å². The van der Waals surface area contributed by atoms with E-state index in [2.05, 4.69) is 66.6 Å². The van der Waals surface area contributed by atoms with Crippen LogP contribution in [0.25, 0.3) is 0 Å². The van der Waals surface area contributed by atoms with Crippen LogP contribution in [0.2, 0.25) is 0 Å². The fraction of sp³-hybridized carbons (Fsp3) is 0.571. The van der Waals surface area contributed by atoms with E-state index in [0.717, 1.165) is 63.1 Å². The number of nitrogens with one attached hydrogen (secondary N) is 2. The summed E-state index contributed by atoms with van der Waals surface area (Å²) in [5.41, 5.74) is 4.51. The molecular weight excluding hydrogens is 584 g/mol. The van der Waals surface area contributed by atoms with Gasteiger partial charge in [0, 0.05) is 84.6 Å². The number of nitrogens with zero attached hydrogens (tertiary/aromatic N) is 4. The number of likely N-dealkylation sites (tertiary alicyclic amines) is 1. The molecule has 4 amide bonds. The van der Waals surface area contributed by atoms with Gasteiger partial charge in [-0.3, -0.25) is 9.59 Å². The van der Waals surface area contributed by atoms with Gasteiger partial charge in [-0.1, -0.05) is 57.2 Å². The number of anilines is 2. The Hall–Kier alpha value is -3.24. The normalized spacial score (nSPS) is 23.2. The van der Waals surface area contributed by atoms with Gasteiger partial charge in [0.05, 0.1) is 5.25 Å². The molecule has 9 nitrogen and oxygen atoms in total. The Kier molecular flexibility index (Phi) is 9.61. The van der Waals surface area contributed by atoms with Crippen LogP contribution in [0.5, 0.6) is 0 Å². The third-order valence-electron chi connectivity index (χ3n) is 9.66. The number of rotatable bonds is 7. The molecule has 0 saturated carbocycles. The van der Waals surface area contributed by atoms with Gasteiger partial charge >= 0.3 is 6.03 Å². The molecule has 3 fully saturated rings. The maximum absolute atomic E-state index is 14.0. The van der Waals surface area contributed by atoms with E-state index in [1.165, 1.54) is 11.3 Å². The number of carbonyl (C=O) groups is 3. The number of amides is 4. The molecule has 2 aromatic rings. The lowest BCUT2D eigenvalue weighted by Gasteiger charge is -2.38. The summed E-state index contributed by atoms with van der Waals surface area (Å²) in [6.45, 7) is 13.0. The summed E-state index contributed by atoms with van der Waals surface area (Å²) in [7, 11) is 0. The SMILES string of the molecule is CC(C)(C)CCN1C(=O)C(CC(=O)N2CCC(N3CCc4ccccc4NC3=O)CC2)SC1c1ccccc1N1CCNCC1.[HH].[HH]. The Morgan fingerprint density at radius 1 is 0.956 bits per heavy atom. The van der Waals surface area contributed by atoms with Gasteiger partial charge in [0.25, 0.3) is 0 Å². The summed E-state index contributed by atoms with van der Waals surface area (Å²) in [4.78, 5) is 49.0. The van der Waals surface area contributed by atoms with Crippen LogP contribution in [-0.4, -0.2) is 96.2 Å². The molecule has 4 aliphatic rings. The smallest absolute Gasteiger partial charge is 0.322 e. The lowest BCUT2D eigenvalue weighted by Crippen LogP contribution is -2.50. The number of hydrogen-bond acceptors (Lipinski definition) is 6. The van der Waals surface area contributed by atoms with Crippen molar-refractivity contribution in [2.75, 3.05) is 62.6 Å². The van der Waals surface area contributed by atoms with E-state index in [-0.39, 0.29) is 44.0 Å². The molecule has 0 aromatic heterocycles. The zero-order valence-corrected chi connectivity index (χ0v) is 27.8. The number of fused-ring (bicyclic) bond motifs is 1. The van der Waals surface area contributed by atoms with E-state index in [4.69, 9.17) is 0 Å². The van der Waals surface area contributed by atoms with Crippen LogP contribution in [0, 0.1) is 5.41 Å². The van der Waals surface area contributed by atoms with Gasteiger partial charge in [-0.2, -0.15) is 0 Å². The Morgan fingerprint density at radius 2 is 1.67 bits per heavy atom. The lowest BCUT2D eigenvalue weighted by atomic mass is 9.92. The van der Waals surface area contributed by atoms with Crippen LogP contribution in [0.3, 0.4) is 0 Å². The van der Waals surface area contributed by atoms with Crippen molar-refractivity contribution in [1.29, 1.82) is 0 Å². The standard InChI is InChI=1S/C35H48N6O3S.2H2/c1-35(2,3)15-21-41-32(43)30(45-33(41)27-9-5-7-11-29(27)38-22-16-36-17-23-38)24-31(42)39-18-13-26(14-19-39)40-20-12-25-8-4-6-10-28(25)37-34(40)44;;/h4-11,26,30,33,36H,12-24H2,1-3H3,(H,37,44);2*1H. The molecule has 2 unspecified atom stereocenters. The van der Waals surface area contributed by atoms with Crippen molar-refractivity contribution < 1.29 is 17.2 Å². The number of piperazine rings is 1. The molecule has 2 aromatic carbocycles. The van der Waals surface area contributed by atoms with Gasteiger partial charge in [-0.05, 0) is 48.8 Å². The molecule has 10 heteroatoms. The van der Waals surface area contributed by atoms with Crippen molar-refractivity contribution in [1.82, 2.24) is 20.0 Å². The highest BCUT2D eigenvalue weighted by Gasteiger charge is 2.44. The summed E-state index contributed by atoms with van der Waals surface area (Å²) < 4.78 is 0. The van der Waals surface area contributed by atoms with Crippen molar-refractivity contribution in [2.24, 2.45) is 5.41 Å². The van der Waals surface area contributed by atoms with Crippen LogP contribution >= 0.6 is 11.8 Å². The average molecular weight is 637 g/mol. The zero-order valence-electron chi connectivity index (χ0n) is 27.0. The molecular formula is C35H52N6O3S. The van der Waals surface area contributed by atoms with E-state index in [0.29, 0.717) is 26.2 Å². The summed E-state index contributed by atoms with van der Waals surface area (Å²) in [5, 5.41) is 6.01. The highest BCUT2D eigenvalue weighted by Crippen LogP contribution is 2.48. The Morgan fingerprint density at radius 3 is 2.42 bits per heavy atom. The summed E-state index contributed by atoms with van der Waals surface area (Å²) in [6.07, 6.45) is 3.43. The van der Waals surface area contributed by atoms with Gasteiger partial charge in [0.1, 0.15) is 5.37 Å². The Bertz CT molecular complexity index is 1390. The van der Waals surface area contributed by atoms with Crippen LogP contribution in [-0.2, 0) is 16.0 Å². The molecule has 0 aliphatic carbocycles. The second kappa shape index (κ2) is 13.6. The first kappa shape index (κ1) is 31.7. The quantitative estimate of drug-likeness (QED) is 0.421. The van der Waals surface area contributed by atoms with Crippen molar-refractivity contribution >= 4 is 41.0 Å². The van der Waals surface area contributed by atoms with E-state index in [1.54, 1.807) is 11.8 Å². The predicted molar refractivity (Wildman–Crippen MR) is 186 cm³/mol. The second-order valence-corrected chi connectivity index (χ2v) is 15.2. The lowest BCUT2D eigenvalue weighted by molar-refractivity contribution is -0.137. The number of hydrogen-bond donors (Lipinski definition) is 2. The third kappa shape index (κ3) is 7.27. The van der Waals surface area contributed by atoms with E-state index >= 15 is 0 Å². The van der Waals surface area contributed by atoms with Crippen molar-refractivity contribution in [3.05, 3.63) is 59.7 Å². The van der Waals surface area contributed by atoms with E-state index in [1.807, 2.05) is 32.9 Å². The molecule has 4 aliphatic heterocycles. The van der Waals surface area contributed by atoms with Crippen LogP contribution in [0.15, 0.2) is 48.5 Å². The highest BCUT2D eigenvalue weighted by atomic mass is 32.2. The minimum Gasteiger partial charge on any atom is -0.369 e. The maximum atomic E-state index is 14.0. The van der Waals surface area contributed by atoms with Crippen molar-refractivity contribution in [3.8, 4) is 0 Å². The van der Waals surface area contributed by atoms with Gasteiger partial charge in [-0.25, -0.2) is 4.79 Å². The molecule has 45 heavy (non-hydrogen) atoms. The van der Waals surface area contributed by atoms with Crippen LogP contribution in [0.4, 0.5) is 16.2 Å². The molecule has 2 N–H and O–H groups in total. The van der Waals surface area contributed by atoms with Gasteiger partial charge < -0.3 is 30.2 Å². The average Bonchev–Trinajstić information content (AvgIpc) is 3.24. The first-order valence-electron chi connectivity index (χ1n) is 16.6. The van der Waals surface area contributed by atoms with Gasteiger partial charge in [0.2, 0.25) is 11.8 Å². The predicted octanol–water partition coefficient (Wildman–Crippen LogP) is 5.44. The molecule has 6 rings (SSSR count). The van der Waals surface area contributed by atoms with Crippen LogP contribution in [0.1, 0.15) is 65.8 Å². The van der Waals surface area contributed by atoms with Crippen molar-refractivity contribution in [2.45, 2.75) is 69.5 Å². The second-order valence-electron chi connectivity index (χ2n) is 14.0. The molecule has 2 atom stereocenters. The molecule has 4 heterocycles. The summed E-state index contributed by atoms with van der Waals surface area (Å²) in [6, 6.07) is 16.5. The number of para-hydroxylation sites is 2. The van der Waals surface area contributed by atoms with Crippen molar-refractivity contribution in [3.63, 3.8) is 0 Å². The molecule has 0 spiro atoms. The number of thioether (sulfide) groups is 1. The monoisotopic (exact) mass is 636 g/mol. The first-order valence-corrected chi connectivity index (χ1v) is 17.6. The third-order valence-corrected chi connectivity index (χ3v) is 11.1. The molecule has 246 valence electrons.